The first-order chi connectivity index (χ1) is 10.6. The summed E-state index contributed by atoms with van der Waals surface area (Å²) in [5, 5.41) is 3.13. The molecule has 4 heteroatoms. The number of amides is 1. The molecule has 0 spiro atoms. The second-order valence-electron chi connectivity index (χ2n) is 5.78. The molecule has 1 amide bonds. The predicted molar refractivity (Wildman–Crippen MR) is 87.3 cm³/mol. The van der Waals surface area contributed by atoms with Gasteiger partial charge in [0.05, 0.1) is 20.3 Å². The Morgan fingerprint density at radius 1 is 1.23 bits per heavy atom. The molecule has 0 aliphatic heterocycles. The van der Waals surface area contributed by atoms with Gasteiger partial charge in [-0.25, -0.2) is 0 Å². The van der Waals surface area contributed by atoms with E-state index in [9.17, 15) is 4.79 Å². The number of ether oxygens (including phenoxy) is 2. The van der Waals surface area contributed by atoms with Crippen molar-refractivity contribution in [1.29, 1.82) is 0 Å². The minimum absolute atomic E-state index is 0.0572. The number of rotatable bonds is 5. The van der Waals surface area contributed by atoms with Crippen LogP contribution in [0.3, 0.4) is 0 Å². The van der Waals surface area contributed by atoms with Crippen molar-refractivity contribution in [2.24, 2.45) is 5.92 Å². The maximum atomic E-state index is 12.4. The van der Waals surface area contributed by atoms with Crippen LogP contribution in [0.25, 0.3) is 0 Å². The highest BCUT2D eigenvalue weighted by Gasteiger charge is 2.22. The van der Waals surface area contributed by atoms with Crippen molar-refractivity contribution in [2.75, 3.05) is 14.2 Å². The van der Waals surface area contributed by atoms with Crippen molar-refractivity contribution in [3.05, 3.63) is 35.4 Å². The van der Waals surface area contributed by atoms with Gasteiger partial charge in [-0.1, -0.05) is 12.2 Å². The van der Waals surface area contributed by atoms with Crippen LogP contribution in [0.15, 0.2) is 24.3 Å². The fourth-order valence-corrected chi connectivity index (χ4v) is 2.90. The predicted octanol–water partition coefficient (Wildman–Crippen LogP) is 3.55. The highest BCUT2D eigenvalue weighted by Crippen LogP contribution is 2.33. The second kappa shape index (κ2) is 7.34. The second-order valence-corrected chi connectivity index (χ2v) is 5.78. The highest BCUT2D eigenvalue weighted by atomic mass is 16.5. The van der Waals surface area contributed by atoms with E-state index >= 15 is 0 Å². The van der Waals surface area contributed by atoms with Gasteiger partial charge in [0.15, 0.2) is 11.5 Å². The van der Waals surface area contributed by atoms with E-state index in [0.29, 0.717) is 11.5 Å². The van der Waals surface area contributed by atoms with E-state index in [1.165, 1.54) is 0 Å². The Morgan fingerprint density at radius 3 is 2.50 bits per heavy atom. The largest absolute Gasteiger partial charge is 0.493 e. The zero-order chi connectivity index (χ0) is 16.1. The van der Waals surface area contributed by atoms with E-state index in [1.807, 2.05) is 26.0 Å². The Hall–Kier alpha value is -1.97. The van der Waals surface area contributed by atoms with Gasteiger partial charge in [0, 0.05) is 5.92 Å². The first-order valence-electron chi connectivity index (χ1n) is 7.74. The van der Waals surface area contributed by atoms with Crippen LogP contribution in [0.5, 0.6) is 11.5 Å². The summed E-state index contributed by atoms with van der Waals surface area (Å²) in [6, 6.07) is 3.83. The van der Waals surface area contributed by atoms with Crippen molar-refractivity contribution in [3.63, 3.8) is 0 Å². The van der Waals surface area contributed by atoms with Crippen LogP contribution >= 0.6 is 0 Å². The highest BCUT2D eigenvalue weighted by molar-refractivity contribution is 5.79. The smallest absolute Gasteiger partial charge is 0.223 e. The number of allylic oxidation sites excluding steroid dienone is 2. The van der Waals surface area contributed by atoms with Crippen LogP contribution in [0.2, 0.25) is 0 Å². The van der Waals surface area contributed by atoms with Crippen molar-refractivity contribution in [1.82, 2.24) is 5.32 Å². The molecule has 1 aliphatic rings. The molecule has 0 aromatic heterocycles. The lowest BCUT2D eigenvalue weighted by molar-refractivity contribution is -0.125. The molecule has 0 saturated heterocycles. The van der Waals surface area contributed by atoms with E-state index in [2.05, 4.69) is 17.5 Å². The lowest BCUT2D eigenvalue weighted by Gasteiger charge is -2.23. The van der Waals surface area contributed by atoms with Gasteiger partial charge < -0.3 is 14.8 Å². The zero-order valence-electron chi connectivity index (χ0n) is 13.8. The molecule has 120 valence electrons. The fourth-order valence-electron chi connectivity index (χ4n) is 2.90. The van der Waals surface area contributed by atoms with Crippen LogP contribution in [0.1, 0.15) is 43.4 Å². The fraction of sp³-hybridized carbons (Fsp3) is 0.500. The summed E-state index contributed by atoms with van der Waals surface area (Å²) >= 11 is 0. The average Bonchev–Trinajstić information content (AvgIpc) is 2.55. The van der Waals surface area contributed by atoms with Crippen molar-refractivity contribution < 1.29 is 14.3 Å². The quantitative estimate of drug-likeness (QED) is 0.846. The lowest BCUT2D eigenvalue weighted by Crippen LogP contribution is -2.33. The number of benzene rings is 1. The third kappa shape index (κ3) is 3.62. The van der Waals surface area contributed by atoms with Crippen molar-refractivity contribution in [3.8, 4) is 11.5 Å². The van der Waals surface area contributed by atoms with E-state index in [0.717, 1.165) is 30.4 Å². The number of nitrogens with one attached hydrogen (secondary N) is 1. The number of carbonyl (C=O) groups excluding carboxylic acids is 1. The Bertz CT molecular complexity index is 566. The summed E-state index contributed by atoms with van der Waals surface area (Å²) in [7, 11) is 3.24. The maximum Gasteiger partial charge on any atom is 0.223 e. The lowest BCUT2D eigenvalue weighted by atomic mass is 9.93. The molecule has 0 fully saturated rings. The summed E-state index contributed by atoms with van der Waals surface area (Å²) in [6.07, 6.45) is 7.00. The van der Waals surface area contributed by atoms with Crippen molar-refractivity contribution in [2.45, 2.75) is 39.2 Å². The van der Waals surface area contributed by atoms with Crippen LogP contribution in [0.4, 0.5) is 0 Å². The van der Waals surface area contributed by atoms with Gasteiger partial charge in [0.1, 0.15) is 0 Å². The number of aryl methyl sites for hydroxylation is 1. The molecule has 2 atom stereocenters. The topological polar surface area (TPSA) is 47.6 Å². The number of hydrogen-bond acceptors (Lipinski definition) is 3. The minimum atomic E-state index is -0.0572. The molecule has 22 heavy (non-hydrogen) atoms. The molecule has 0 heterocycles. The summed E-state index contributed by atoms with van der Waals surface area (Å²) in [5.41, 5.74) is 2.13. The molecular formula is C18H25NO3. The Kier molecular flexibility index (Phi) is 5.47. The van der Waals surface area contributed by atoms with Gasteiger partial charge in [-0.05, 0) is 56.4 Å². The molecule has 2 rings (SSSR count). The molecule has 1 aliphatic carbocycles. The zero-order valence-corrected chi connectivity index (χ0v) is 13.8. The Labute approximate surface area is 132 Å². The average molecular weight is 303 g/mol. The maximum absolute atomic E-state index is 12.4. The molecule has 4 nitrogen and oxygen atoms in total. The van der Waals surface area contributed by atoms with Crippen LogP contribution < -0.4 is 14.8 Å². The van der Waals surface area contributed by atoms with E-state index in [-0.39, 0.29) is 17.9 Å². The van der Waals surface area contributed by atoms with Gasteiger partial charge in [0.2, 0.25) is 5.91 Å². The Balaban J connectivity index is 2.13. The summed E-state index contributed by atoms with van der Waals surface area (Å²) in [5.74, 6) is 1.61. The number of methoxy groups -OCH3 is 2. The molecule has 0 saturated carbocycles. The normalized spacial score (nSPS) is 18.6. The van der Waals surface area contributed by atoms with Gasteiger partial charge in [0.25, 0.3) is 0 Å². The monoisotopic (exact) mass is 303 g/mol. The molecular weight excluding hydrogens is 278 g/mol. The van der Waals surface area contributed by atoms with Gasteiger partial charge >= 0.3 is 0 Å². The van der Waals surface area contributed by atoms with E-state index in [1.54, 1.807) is 14.2 Å². The number of carbonyl (C=O) groups is 1. The van der Waals surface area contributed by atoms with Crippen LogP contribution in [-0.2, 0) is 4.79 Å². The van der Waals surface area contributed by atoms with E-state index in [4.69, 9.17) is 9.47 Å². The molecule has 1 aromatic rings. The first kappa shape index (κ1) is 16.4. The van der Waals surface area contributed by atoms with Crippen molar-refractivity contribution >= 4 is 5.91 Å². The molecule has 1 N–H and O–H groups in total. The van der Waals surface area contributed by atoms with E-state index < -0.39 is 0 Å². The van der Waals surface area contributed by atoms with Gasteiger partial charge in [-0.15, -0.1) is 0 Å². The number of hydrogen-bond donors (Lipinski definition) is 1. The third-order valence-electron chi connectivity index (χ3n) is 4.24. The van der Waals surface area contributed by atoms with Gasteiger partial charge in [-0.3, -0.25) is 4.79 Å². The summed E-state index contributed by atoms with van der Waals surface area (Å²) in [6.45, 7) is 4.02. The van der Waals surface area contributed by atoms with Gasteiger partial charge in [-0.2, -0.15) is 0 Å². The van der Waals surface area contributed by atoms with Crippen LogP contribution in [-0.4, -0.2) is 20.1 Å². The molecule has 0 radical (unpaired) electrons. The third-order valence-corrected chi connectivity index (χ3v) is 4.24. The Morgan fingerprint density at radius 2 is 1.91 bits per heavy atom. The molecule has 0 bridgehead atoms. The minimum Gasteiger partial charge on any atom is -0.493 e. The standard InChI is InChI=1S/C18H25NO3/c1-12-10-16(21-3)17(22-4)11-15(12)13(2)19-18(20)14-8-6-5-7-9-14/h5-6,10-11,13-14H,7-9H2,1-4H3,(H,19,20). The van der Waals surface area contributed by atoms with Crippen LogP contribution in [0, 0.1) is 12.8 Å². The summed E-state index contributed by atoms with van der Waals surface area (Å²) in [4.78, 5) is 12.4. The molecule has 1 aromatic carbocycles. The first-order valence-corrected chi connectivity index (χ1v) is 7.74. The molecule has 2 unspecified atom stereocenters. The SMILES string of the molecule is COc1cc(C)c(C(C)NC(=O)C2CC=CCC2)cc1OC. The summed E-state index contributed by atoms with van der Waals surface area (Å²) < 4.78 is 10.7.